The molecule has 86 heavy (non-hydrogen) atoms. The van der Waals surface area contributed by atoms with E-state index in [9.17, 15) is 4.79 Å². The number of oxazole rings is 1. The Bertz CT molecular complexity index is 2910. The van der Waals surface area contributed by atoms with Gasteiger partial charge in [0.1, 0.15) is 23.4 Å². The lowest BCUT2D eigenvalue weighted by molar-refractivity contribution is -0.0249. The summed E-state index contributed by atoms with van der Waals surface area (Å²) in [6.07, 6.45) is 17.4. The van der Waals surface area contributed by atoms with Crippen LogP contribution in [0.25, 0.3) is 11.2 Å². The van der Waals surface area contributed by atoms with Crippen molar-refractivity contribution in [2.75, 3.05) is 6.61 Å². The van der Waals surface area contributed by atoms with Gasteiger partial charge in [-0.25, -0.2) is 15.0 Å². The molecule has 0 radical (unpaired) electrons. The molecule has 1 aliphatic carbocycles. The van der Waals surface area contributed by atoms with Gasteiger partial charge in [-0.2, -0.15) is 0 Å². The standard InChI is InChI=1S/C11H15N3.C10H13NO.C10H20O.C10H20.C9H13N.C9H14S.C8H13NO.C8H12O/c1-11(2,3)10-13-8-6-5-7-12-9(8)14(10)4;1-7(2)8-4-3-5-9(6-8)10(11)12;1-8-7-9(5-6-11-8)10(2,3)4;1-10(2,3)9-7-5-4-6-8-9;1-9(2,3)8-6-4-5-7-10-8;1-7-5-6-8(10-7)9(2,3)4;1-6-5-10-7(9-6)8(2,3)4;1-8(2,3)7-5-4-6-9-7/h5-7H,1-4H3;3-7H,1-2H3,(H2,11,12);8-9H,5-7H2,1-4H3;9H,4-8H2,1-3H3;4-7H,1-3H3;5-6H,1-4H3;5H,1-4H3;4-6H,1-3H3. The highest BCUT2D eigenvalue weighted by Crippen LogP contribution is 2.38. The van der Waals surface area contributed by atoms with E-state index in [1.807, 2.05) is 86.1 Å². The summed E-state index contributed by atoms with van der Waals surface area (Å²) in [5.74, 6) is 4.85. The van der Waals surface area contributed by atoms with E-state index in [1.54, 1.807) is 24.8 Å². The number of carbonyl (C=O) groups is 1. The smallest absolute Gasteiger partial charge is 0.248 e. The third-order valence-electron chi connectivity index (χ3n) is 15.1. The second-order valence-electron chi connectivity index (χ2n) is 31.1. The average molecular weight is 1200 g/mol. The molecule has 2 fully saturated rings. The zero-order valence-electron chi connectivity index (χ0n) is 59.1. The highest BCUT2D eigenvalue weighted by molar-refractivity contribution is 7.12. The molecule has 7 heterocycles. The number of amides is 1. The van der Waals surface area contributed by atoms with Crippen molar-refractivity contribution in [3.8, 4) is 0 Å². The monoisotopic (exact) mass is 1200 g/mol. The van der Waals surface area contributed by atoms with Crippen LogP contribution < -0.4 is 5.73 Å². The molecule has 6 aromatic heterocycles. The van der Waals surface area contributed by atoms with Crippen molar-refractivity contribution in [1.82, 2.24) is 24.5 Å². The normalized spacial score (nSPS) is 15.8. The van der Waals surface area contributed by atoms with Crippen LogP contribution >= 0.6 is 11.3 Å². The van der Waals surface area contributed by atoms with Crippen molar-refractivity contribution < 1.29 is 18.4 Å². The van der Waals surface area contributed by atoms with E-state index in [1.165, 1.54) is 54.7 Å². The number of imidazole rings is 1. The van der Waals surface area contributed by atoms with Gasteiger partial charge < -0.3 is 23.9 Å². The average Bonchev–Trinajstić information content (AvgIpc) is 2.20. The maximum Gasteiger partial charge on any atom is 0.248 e. The number of aromatic nitrogens is 5. The van der Waals surface area contributed by atoms with Gasteiger partial charge in [0.25, 0.3) is 0 Å². The first kappa shape index (κ1) is 76.7. The Kier molecular flexibility index (Phi) is 30.2. The van der Waals surface area contributed by atoms with Crippen LogP contribution in [0.5, 0.6) is 0 Å². The third kappa shape index (κ3) is 28.6. The minimum atomic E-state index is -0.363. The Labute approximate surface area is 528 Å². The predicted octanol–water partition coefficient (Wildman–Crippen LogP) is 21.2. The number of benzene rings is 1. The van der Waals surface area contributed by atoms with Crippen LogP contribution in [0.15, 0.2) is 113 Å². The number of primary amides is 1. The molecular weight excluding hydrogens is 1080 g/mol. The van der Waals surface area contributed by atoms with Crippen molar-refractivity contribution in [3.05, 3.63) is 154 Å². The molecule has 7 aromatic rings. The van der Waals surface area contributed by atoms with Gasteiger partial charge in [-0.3, -0.25) is 9.78 Å². The molecule has 1 aliphatic heterocycles. The Morgan fingerprint density at radius 1 is 0.628 bits per heavy atom. The summed E-state index contributed by atoms with van der Waals surface area (Å²) in [5.41, 5.74) is 12.7. The minimum Gasteiger partial charge on any atom is -0.469 e. The maximum absolute atomic E-state index is 10.8. The largest absolute Gasteiger partial charge is 0.469 e. The molecule has 2 N–H and O–H groups in total. The molecule has 11 heteroatoms. The van der Waals surface area contributed by atoms with E-state index in [0.717, 1.165) is 64.0 Å². The zero-order valence-corrected chi connectivity index (χ0v) is 60.0. The SMILES string of the molecule is CC(C)(C)C1CCCCC1.CC(C)(C)c1ccccn1.CC(C)(C)c1ccco1.CC(C)c1cccc(C(N)=O)c1.CC1CC(C(C)(C)C)CCO1.Cc1ccc(C(C)(C)C)s1.Cc1coc(C(C)(C)C)n1.Cn1c(C(C)(C)C)nc2cccnc21. The molecule has 1 aromatic carbocycles. The number of thiophene rings is 1. The van der Waals surface area contributed by atoms with Gasteiger partial charge in [-0.05, 0) is 147 Å². The molecule has 1 amide bonds. The van der Waals surface area contributed by atoms with Gasteiger partial charge in [0.05, 0.1) is 18.1 Å². The Morgan fingerprint density at radius 2 is 1.24 bits per heavy atom. The van der Waals surface area contributed by atoms with Gasteiger partial charge in [0.15, 0.2) is 11.5 Å². The first-order valence-corrected chi connectivity index (χ1v) is 32.5. The lowest BCUT2D eigenvalue weighted by Crippen LogP contribution is -2.31. The number of carbonyl (C=O) groups excluding carboxylic acids is 1. The Hall–Kier alpha value is -5.39. The Morgan fingerprint density at radius 3 is 1.59 bits per heavy atom. The van der Waals surface area contributed by atoms with E-state index in [0.29, 0.717) is 33.8 Å². The van der Waals surface area contributed by atoms with E-state index < -0.39 is 0 Å². The fourth-order valence-electron chi connectivity index (χ4n) is 9.55. The number of pyridine rings is 2. The molecule has 10 nitrogen and oxygen atoms in total. The summed E-state index contributed by atoms with van der Waals surface area (Å²) >= 11 is 1.89. The first-order valence-electron chi connectivity index (χ1n) is 31.7. The van der Waals surface area contributed by atoms with Gasteiger partial charge in [0, 0.05) is 68.7 Å². The van der Waals surface area contributed by atoms with Crippen LogP contribution in [0.2, 0.25) is 0 Å². The summed E-state index contributed by atoms with van der Waals surface area (Å²) in [6, 6.07) is 25.7. The molecule has 2 unspecified atom stereocenters. The number of hydrogen-bond acceptors (Lipinski definition) is 9. The van der Waals surface area contributed by atoms with E-state index in [4.69, 9.17) is 19.3 Å². The quantitative estimate of drug-likeness (QED) is 0.181. The molecule has 9 rings (SSSR count). The molecule has 0 spiro atoms. The number of hydrogen-bond donors (Lipinski definition) is 1. The number of furan rings is 1. The minimum absolute atomic E-state index is 0.0360. The number of rotatable bonds is 2. The van der Waals surface area contributed by atoms with Gasteiger partial charge in [0.2, 0.25) is 5.91 Å². The third-order valence-corrected chi connectivity index (χ3v) is 16.5. The number of aryl methyl sites for hydroxylation is 3. The number of fused-ring (bicyclic) bond motifs is 1. The zero-order chi connectivity index (χ0) is 65.6. The highest BCUT2D eigenvalue weighted by atomic mass is 32.1. The van der Waals surface area contributed by atoms with Crippen molar-refractivity contribution in [2.45, 2.75) is 264 Å². The molecule has 480 valence electrons. The molecule has 1 saturated heterocycles. The van der Waals surface area contributed by atoms with Gasteiger partial charge >= 0.3 is 0 Å². The van der Waals surface area contributed by atoms with Crippen LogP contribution in [0.1, 0.15) is 272 Å². The van der Waals surface area contributed by atoms with Crippen LogP contribution in [0.3, 0.4) is 0 Å². The summed E-state index contributed by atoms with van der Waals surface area (Å²) in [5, 5.41) is 0. The van der Waals surface area contributed by atoms with Crippen molar-refractivity contribution in [1.29, 1.82) is 0 Å². The molecule has 2 atom stereocenters. The number of nitrogens with zero attached hydrogens (tertiary/aromatic N) is 5. The first-order chi connectivity index (χ1) is 39.4. The van der Waals surface area contributed by atoms with Crippen molar-refractivity contribution in [3.63, 3.8) is 0 Å². The topological polar surface area (TPSA) is 135 Å². The second-order valence-corrected chi connectivity index (χ2v) is 32.4. The second kappa shape index (κ2) is 33.8. The summed E-state index contributed by atoms with van der Waals surface area (Å²) in [7, 11) is 2.02. The van der Waals surface area contributed by atoms with Gasteiger partial charge in [-0.1, -0.05) is 197 Å². The van der Waals surface area contributed by atoms with Crippen LogP contribution in [0, 0.1) is 36.5 Å². The number of nitrogens with two attached hydrogens (primary N) is 1. The predicted molar refractivity (Wildman–Crippen MR) is 368 cm³/mol. The van der Waals surface area contributed by atoms with Gasteiger partial charge in [-0.15, -0.1) is 11.3 Å². The molecule has 2 aliphatic rings. The fourth-order valence-corrected chi connectivity index (χ4v) is 10.5. The molecule has 1 saturated carbocycles. The lowest BCUT2D eigenvalue weighted by Gasteiger charge is -2.36. The van der Waals surface area contributed by atoms with Crippen molar-refractivity contribution >= 4 is 28.4 Å². The fraction of sp³-hybridized carbons (Fsp3) is 0.613. The highest BCUT2D eigenvalue weighted by Gasteiger charge is 2.30. The van der Waals surface area contributed by atoms with E-state index >= 15 is 0 Å². The summed E-state index contributed by atoms with van der Waals surface area (Å²) in [6.45, 7) is 57.9. The van der Waals surface area contributed by atoms with E-state index in [-0.39, 0.29) is 27.6 Å². The summed E-state index contributed by atoms with van der Waals surface area (Å²) < 4.78 is 18.0. The Balaban J connectivity index is 0.000000337. The summed E-state index contributed by atoms with van der Waals surface area (Å²) in [4.78, 5) is 31.0. The molecule has 0 bridgehead atoms. The lowest BCUT2D eigenvalue weighted by atomic mass is 9.72. The maximum atomic E-state index is 10.8. The number of ether oxygens (including phenoxy) is 1. The van der Waals surface area contributed by atoms with Crippen LogP contribution in [-0.4, -0.2) is 43.1 Å². The molecular formula is C75H120N6O4S. The van der Waals surface area contributed by atoms with Crippen LogP contribution in [-0.2, 0) is 38.9 Å². The van der Waals surface area contributed by atoms with Crippen molar-refractivity contribution in [2.24, 2.45) is 35.4 Å². The van der Waals surface area contributed by atoms with Crippen LogP contribution in [0.4, 0.5) is 0 Å². The van der Waals surface area contributed by atoms with E-state index in [2.05, 4.69) is 216 Å².